The molecule has 0 saturated heterocycles. The summed E-state index contributed by atoms with van der Waals surface area (Å²) in [5.74, 6) is -0.00166. The summed E-state index contributed by atoms with van der Waals surface area (Å²) in [5.41, 5.74) is 3.56. The van der Waals surface area contributed by atoms with Crippen molar-refractivity contribution in [1.29, 1.82) is 0 Å². The number of hydrogen-bond acceptors (Lipinski definition) is 2. The first-order valence-electron chi connectivity index (χ1n) is 5.79. The Morgan fingerprint density at radius 2 is 2.11 bits per heavy atom. The van der Waals surface area contributed by atoms with Gasteiger partial charge in [0, 0.05) is 29.7 Å². The molecule has 3 rings (SSSR count). The second-order valence-corrected chi connectivity index (χ2v) is 4.52. The zero-order valence-electron chi connectivity index (χ0n) is 10.3. The van der Waals surface area contributed by atoms with Crippen molar-refractivity contribution in [3.8, 4) is 0 Å². The minimum atomic E-state index is -0.00166. The molecule has 0 saturated carbocycles. The molecule has 0 atom stereocenters. The molecule has 0 radical (unpaired) electrons. The maximum atomic E-state index is 12.3. The summed E-state index contributed by atoms with van der Waals surface area (Å²) in [4.78, 5) is 12.3. The Balaban J connectivity index is 2.22. The normalized spacial score (nSPS) is 11.0. The molecule has 0 aliphatic carbocycles. The maximum absolute atomic E-state index is 12.3. The van der Waals surface area contributed by atoms with Gasteiger partial charge in [-0.25, -0.2) is 0 Å². The monoisotopic (exact) mass is 239 g/mol. The number of benzene rings is 1. The molecule has 0 N–H and O–H groups in total. The number of aryl methyl sites for hydroxylation is 2. The number of furan rings is 1. The highest BCUT2D eigenvalue weighted by atomic mass is 16.3. The van der Waals surface area contributed by atoms with Gasteiger partial charge in [-0.05, 0) is 24.6 Å². The van der Waals surface area contributed by atoms with Crippen LogP contribution in [0.1, 0.15) is 21.5 Å². The van der Waals surface area contributed by atoms with Crippen LogP contribution in [0.5, 0.6) is 0 Å². The first-order chi connectivity index (χ1) is 8.66. The van der Waals surface area contributed by atoms with Crippen molar-refractivity contribution in [2.45, 2.75) is 6.92 Å². The Bertz CT molecular complexity index is 720. The van der Waals surface area contributed by atoms with Crippen LogP contribution in [-0.4, -0.2) is 10.4 Å². The zero-order valence-corrected chi connectivity index (χ0v) is 10.3. The predicted octanol–water partition coefficient (Wildman–Crippen LogP) is 3.31. The molecule has 1 aromatic carbocycles. The smallest absolute Gasteiger partial charge is 0.198 e. The Labute approximate surface area is 105 Å². The maximum Gasteiger partial charge on any atom is 0.198 e. The first kappa shape index (κ1) is 10.8. The van der Waals surface area contributed by atoms with E-state index in [0.29, 0.717) is 11.1 Å². The fourth-order valence-electron chi connectivity index (χ4n) is 2.22. The molecular weight excluding hydrogens is 226 g/mol. The molecule has 0 aliphatic heterocycles. The van der Waals surface area contributed by atoms with E-state index in [4.69, 9.17) is 4.42 Å². The molecule has 2 aromatic heterocycles. The second-order valence-electron chi connectivity index (χ2n) is 4.52. The molecule has 18 heavy (non-hydrogen) atoms. The van der Waals surface area contributed by atoms with Crippen LogP contribution in [0, 0.1) is 6.92 Å². The molecule has 0 fully saturated rings. The van der Waals surface area contributed by atoms with Crippen molar-refractivity contribution in [3.63, 3.8) is 0 Å². The highest BCUT2D eigenvalue weighted by Crippen LogP contribution is 2.24. The Morgan fingerprint density at radius 3 is 2.83 bits per heavy atom. The summed E-state index contributed by atoms with van der Waals surface area (Å²) >= 11 is 0. The highest BCUT2D eigenvalue weighted by molar-refractivity contribution is 6.16. The van der Waals surface area contributed by atoms with Gasteiger partial charge >= 0.3 is 0 Å². The highest BCUT2D eigenvalue weighted by Gasteiger charge is 2.16. The fraction of sp³-hybridized carbons (Fsp3) is 0.133. The van der Waals surface area contributed by atoms with E-state index in [0.717, 1.165) is 10.9 Å². The molecule has 0 unspecified atom stereocenters. The van der Waals surface area contributed by atoms with Gasteiger partial charge in [0.1, 0.15) is 6.26 Å². The number of ketones is 1. The van der Waals surface area contributed by atoms with E-state index in [2.05, 4.69) is 6.07 Å². The van der Waals surface area contributed by atoms with Crippen molar-refractivity contribution >= 4 is 16.7 Å². The van der Waals surface area contributed by atoms with Crippen LogP contribution in [0.25, 0.3) is 10.9 Å². The molecule has 3 heteroatoms. The summed E-state index contributed by atoms with van der Waals surface area (Å²) in [7, 11) is 1.95. The van der Waals surface area contributed by atoms with Gasteiger partial charge in [0.25, 0.3) is 0 Å². The molecule has 0 aliphatic rings. The van der Waals surface area contributed by atoms with Crippen molar-refractivity contribution in [2.24, 2.45) is 7.05 Å². The van der Waals surface area contributed by atoms with Crippen LogP contribution < -0.4 is 0 Å². The lowest BCUT2D eigenvalue weighted by molar-refractivity contribution is 0.103. The topological polar surface area (TPSA) is 35.1 Å². The fourth-order valence-corrected chi connectivity index (χ4v) is 2.22. The Hall–Kier alpha value is -2.29. The lowest BCUT2D eigenvalue weighted by atomic mass is 10.0. The van der Waals surface area contributed by atoms with E-state index in [1.807, 2.05) is 36.9 Å². The third kappa shape index (κ3) is 1.56. The number of fused-ring (bicyclic) bond motifs is 1. The van der Waals surface area contributed by atoms with Gasteiger partial charge in [-0.15, -0.1) is 0 Å². The summed E-state index contributed by atoms with van der Waals surface area (Å²) in [5, 5.41) is 0.981. The molecule has 0 spiro atoms. The lowest BCUT2D eigenvalue weighted by Gasteiger charge is -1.98. The van der Waals surface area contributed by atoms with Crippen LogP contribution in [0.2, 0.25) is 0 Å². The van der Waals surface area contributed by atoms with Gasteiger partial charge in [-0.1, -0.05) is 12.1 Å². The van der Waals surface area contributed by atoms with Crippen LogP contribution in [0.4, 0.5) is 0 Å². The van der Waals surface area contributed by atoms with E-state index in [1.165, 1.54) is 18.1 Å². The molecule has 2 heterocycles. The molecule has 3 nitrogen and oxygen atoms in total. The molecular formula is C15H13NO2. The van der Waals surface area contributed by atoms with E-state index >= 15 is 0 Å². The summed E-state index contributed by atoms with van der Waals surface area (Å²) in [6, 6.07) is 7.79. The quantitative estimate of drug-likeness (QED) is 0.643. The zero-order chi connectivity index (χ0) is 12.7. The van der Waals surface area contributed by atoms with Gasteiger partial charge in [0.05, 0.1) is 11.8 Å². The molecule has 3 aromatic rings. The third-order valence-corrected chi connectivity index (χ3v) is 3.17. The van der Waals surface area contributed by atoms with Gasteiger partial charge in [0.15, 0.2) is 5.78 Å². The van der Waals surface area contributed by atoms with Crippen molar-refractivity contribution in [2.75, 3.05) is 0 Å². The summed E-state index contributed by atoms with van der Waals surface area (Å²) in [6.07, 6.45) is 4.87. The van der Waals surface area contributed by atoms with Crippen molar-refractivity contribution in [1.82, 2.24) is 4.57 Å². The largest absolute Gasteiger partial charge is 0.472 e. The number of aromatic nitrogens is 1. The average Bonchev–Trinajstić information content (AvgIpc) is 2.97. The standard InChI is InChI=1S/C15H13NO2/c1-10-3-4-12-13(8-16(2)14(12)7-10)15(17)11-5-6-18-9-11/h3-9H,1-2H3. The lowest BCUT2D eigenvalue weighted by Crippen LogP contribution is -1.98. The predicted molar refractivity (Wildman–Crippen MR) is 69.8 cm³/mol. The number of carbonyl (C=O) groups is 1. The van der Waals surface area contributed by atoms with Gasteiger partial charge in [-0.2, -0.15) is 0 Å². The van der Waals surface area contributed by atoms with E-state index in [9.17, 15) is 4.79 Å². The van der Waals surface area contributed by atoms with Gasteiger partial charge in [0.2, 0.25) is 0 Å². The molecule has 90 valence electrons. The summed E-state index contributed by atoms with van der Waals surface area (Å²) in [6.45, 7) is 2.05. The third-order valence-electron chi connectivity index (χ3n) is 3.17. The van der Waals surface area contributed by atoms with Crippen molar-refractivity contribution in [3.05, 3.63) is 59.7 Å². The minimum absolute atomic E-state index is 0.00166. The summed E-state index contributed by atoms with van der Waals surface area (Å²) < 4.78 is 6.95. The Kier molecular flexibility index (Phi) is 2.33. The number of carbonyl (C=O) groups excluding carboxylic acids is 1. The van der Waals surface area contributed by atoms with E-state index in [1.54, 1.807) is 6.07 Å². The van der Waals surface area contributed by atoms with E-state index in [-0.39, 0.29) is 5.78 Å². The first-order valence-corrected chi connectivity index (χ1v) is 5.79. The van der Waals surface area contributed by atoms with Gasteiger partial charge in [-0.3, -0.25) is 4.79 Å². The van der Waals surface area contributed by atoms with Gasteiger partial charge < -0.3 is 8.98 Å². The van der Waals surface area contributed by atoms with Crippen LogP contribution in [0.3, 0.4) is 0 Å². The number of rotatable bonds is 2. The van der Waals surface area contributed by atoms with Crippen molar-refractivity contribution < 1.29 is 9.21 Å². The minimum Gasteiger partial charge on any atom is -0.472 e. The average molecular weight is 239 g/mol. The van der Waals surface area contributed by atoms with Crippen LogP contribution in [0.15, 0.2) is 47.4 Å². The number of nitrogens with zero attached hydrogens (tertiary/aromatic N) is 1. The van der Waals surface area contributed by atoms with Crippen LogP contribution >= 0.6 is 0 Å². The van der Waals surface area contributed by atoms with Crippen LogP contribution in [-0.2, 0) is 7.05 Å². The number of hydrogen-bond donors (Lipinski definition) is 0. The molecule has 0 amide bonds. The molecule has 0 bridgehead atoms. The second kappa shape index (κ2) is 3.88. The SMILES string of the molecule is Cc1ccc2c(C(=O)c3ccoc3)cn(C)c2c1. The Morgan fingerprint density at radius 1 is 1.28 bits per heavy atom. The van der Waals surface area contributed by atoms with E-state index < -0.39 is 0 Å².